The van der Waals surface area contributed by atoms with E-state index in [0.29, 0.717) is 17.2 Å². The van der Waals surface area contributed by atoms with Gasteiger partial charge in [0.15, 0.2) is 17.5 Å². The zero-order valence-electron chi connectivity index (χ0n) is 34.6. The van der Waals surface area contributed by atoms with Crippen LogP contribution in [0.25, 0.3) is 97.8 Å². The van der Waals surface area contributed by atoms with Gasteiger partial charge in [0.25, 0.3) is 0 Å². The molecule has 0 saturated carbocycles. The summed E-state index contributed by atoms with van der Waals surface area (Å²) in [6, 6.07) is 50.6. The molecule has 0 saturated heterocycles. The molecule has 3 heterocycles. The summed E-state index contributed by atoms with van der Waals surface area (Å²) >= 11 is 1.68. The monoisotopic (exact) mass is 735 g/mol. The van der Waals surface area contributed by atoms with Crippen LogP contribution in [0.1, 0.15) is 6.85 Å². The minimum atomic E-state index is -0.478. The smallest absolute Gasteiger partial charge is 0.164 e. The normalized spacial score (nSPS) is 13.5. The fourth-order valence-corrected chi connectivity index (χ4v) is 9.47. The van der Waals surface area contributed by atoms with Crippen molar-refractivity contribution in [3.8, 4) is 45.3 Å². The molecular weight excluding hydrogens is 701 g/mol. The molecule has 0 fully saturated rings. The Morgan fingerprint density at radius 1 is 0.411 bits per heavy atom. The molecule has 0 unspecified atom stereocenters. The largest absolute Gasteiger partial charge is 0.309 e. The van der Waals surface area contributed by atoms with Gasteiger partial charge < -0.3 is 4.90 Å². The average Bonchev–Trinajstić information content (AvgIpc) is 3.68. The van der Waals surface area contributed by atoms with Crippen molar-refractivity contribution in [2.75, 3.05) is 4.90 Å². The third kappa shape index (κ3) is 4.81. The highest BCUT2D eigenvalue weighted by atomic mass is 32.1. The first-order chi connectivity index (χ1) is 29.8. The van der Waals surface area contributed by atoms with Crippen molar-refractivity contribution in [3.05, 3.63) is 182 Å². The first-order valence-corrected chi connectivity index (χ1v) is 19.3. The average molecular weight is 736 g/mol. The van der Waals surface area contributed by atoms with E-state index in [2.05, 4.69) is 126 Å². The van der Waals surface area contributed by atoms with Gasteiger partial charge in [0.05, 0.1) is 23.9 Å². The van der Waals surface area contributed by atoms with Gasteiger partial charge in [-0.05, 0) is 69.6 Å². The molecule has 0 spiro atoms. The number of aromatic nitrogens is 3. The summed E-state index contributed by atoms with van der Waals surface area (Å²) in [5.74, 6) is 0.635. The predicted molar refractivity (Wildman–Crippen MR) is 235 cm³/mol. The topological polar surface area (TPSA) is 41.9 Å². The first-order valence-electron chi connectivity index (χ1n) is 20.9. The summed E-state index contributed by atoms with van der Waals surface area (Å²) in [4.78, 5) is 17.3. The lowest BCUT2D eigenvalue weighted by molar-refractivity contribution is 1.07. The molecule has 9 aromatic carbocycles. The fourth-order valence-electron chi connectivity index (χ4n) is 8.33. The van der Waals surface area contributed by atoms with Gasteiger partial charge in [0, 0.05) is 53.2 Å². The Morgan fingerprint density at radius 2 is 1.07 bits per heavy atom. The molecule has 1 aliphatic rings. The van der Waals surface area contributed by atoms with E-state index in [-0.39, 0.29) is 23.5 Å². The summed E-state index contributed by atoms with van der Waals surface area (Å²) in [6.07, 6.45) is 0. The summed E-state index contributed by atoms with van der Waals surface area (Å²) in [6.45, 7) is 0. The molecule has 0 amide bonds. The lowest BCUT2D eigenvalue weighted by Crippen LogP contribution is -2.15. The standard InChI is InChI=1S/C51H30N4S/c1-2-12-32(13-3-1)49-52-50(36-24-25-40-39-20-8-9-23-46(39)56-47(40)30-36)54-51(53-49)37-26-35-16-6-7-19-38(35)44(29-37)55-43-22-11-18-31-17-10-21-41(48(31)43)42-27-33-14-4-5-15-34(33)28-45(42)55/h1-30H/i1D,2D,3D,12D,13D. The van der Waals surface area contributed by atoms with Crippen molar-refractivity contribution in [2.45, 2.75) is 0 Å². The highest BCUT2D eigenvalue weighted by Gasteiger charge is 2.28. The van der Waals surface area contributed by atoms with E-state index >= 15 is 0 Å². The van der Waals surface area contributed by atoms with Crippen LogP contribution in [0.2, 0.25) is 0 Å². The molecule has 0 radical (unpaired) electrons. The van der Waals surface area contributed by atoms with Gasteiger partial charge in [-0.1, -0.05) is 139 Å². The van der Waals surface area contributed by atoms with E-state index in [0.717, 1.165) is 70.6 Å². The molecule has 0 aliphatic carbocycles. The molecule has 0 bridgehead atoms. The Balaban J connectivity index is 1.14. The summed E-state index contributed by atoms with van der Waals surface area (Å²) in [5.41, 5.74) is 6.63. The molecule has 4 nitrogen and oxygen atoms in total. The lowest BCUT2D eigenvalue weighted by atomic mass is 9.88. The maximum Gasteiger partial charge on any atom is 0.164 e. The molecular formula is C51H30N4S. The van der Waals surface area contributed by atoms with E-state index < -0.39 is 18.1 Å². The van der Waals surface area contributed by atoms with E-state index in [1.807, 2.05) is 30.3 Å². The molecule has 11 aromatic rings. The minimum Gasteiger partial charge on any atom is -0.309 e. The highest BCUT2D eigenvalue weighted by molar-refractivity contribution is 7.25. The molecule has 1 aliphatic heterocycles. The first kappa shape index (κ1) is 26.5. The number of hydrogen-bond acceptors (Lipinski definition) is 5. The van der Waals surface area contributed by atoms with Crippen molar-refractivity contribution in [1.82, 2.24) is 15.0 Å². The number of thiophene rings is 1. The number of nitrogens with zero attached hydrogens (tertiary/aromatic N) is 4. The van der Waals surface area contributed by atoms with Crippen LogP contribution >= 0.6 is 11.3 Å². The highest BCUT2D eigenvalue weighted by Crippen LogP contribution is 2.53. The van der Waals surface area contributed by atoms with Crippen LogP contribution in [-0.2, 0) is 0 Å². The van der Waals surface area contributed by atoms with Crippen LogP contribution < -0.4 is 4.90 Å². The number of fused-ring (bicyclic) bond motifs is 7. The number of rotatable bonds is 4. The van der Waals surface area contributed by atoms with Crippen molar-refractivity contribution in [2.24, 2.45) is 0 Å². The molecule has 260 valence electrons. The third-order valence-electron chi connectivity index (χ3n) is 10.9. The van der Waals surface area contributed by atoms with Gasteiger partial charge in [-0.3, -0.25) is 0 Å². The summed E-state index contributed by atoms with van der Waals surface area (Å²) in [7, 11) is 0. The second kappa shape index (κ2) is 12.2. The summed E-state index contributed by atoms with van der Waals surface area (Å²) < 4.78 is 45.4. The number of anilines is 3. The maximum absolute atomic E-state index is 8.93. The molecule has 0 N–H and O–H groups in total. The van der Waals surface area contributed by atoms with Gasteiger partial charge in [-0.15, -0.1) is 11.3 Å². The second-order valence-corrected chi connectivity index (χ2v) is 15.1. The van der Waals surface area contributed by atoms with Crippen molar-refractivity contribution in [3.63, 3.8) is 0 Å². The quantitative estimate of drug-likeness (QED) is 0.180. The van der Waals surface area contributed by atoms with Crippen LogP contribution in [-0.4, -0.2) is 15.0 Å². The molecule has 5 heteroatoms. The van der Waals surface area contributed by atoms with Crippen molar-refractivity contribution in [1.29, 1.82) is 0 Å². The third-order valence-corrected chi connectivity index (χ3v) is 12.0. The Hall–Kier alpha value is -7.21. The second-order valence-electron chi connectivity index (χ2n) is 14.1. The van der Waals surface area contributed by atoms with E-state index in [1.54, 1.807) is 11.3 Å². The minimum absolute atomic E-state index is 0.00312. The van der Waals surface area contributed by atoms with Gasteiger partial charge in [0.2, 0.25) is 0 Å². The van der Waals surface area contributed by atoms with Crippen molar-refractivity contribution >= 4 is 80.9 Å². The molecule has 2 aromatic heterocycles. The van der Waals surface area contributed by atoms with Crippen molar-refractivity contribution < 1.29 is 6.85 Å². The van der Waals surface area contributed by atoms with Gasteiger partial charge >= 0.3 is 0 Å². The van der Waals surface area contributed by atoms with Gasteiger partial charge in [-0.25, -0.2) is 15.0 Å². The predicted octanol–water partition coefficient (Wildman–Crippen LogP) is 14.2. The van der Waals surface area contributed by atoms with Crippen LogP contribution in [0.3, 0.4) is 0 Å². The zero-order chi connectivity index (χ0) is 41.1. The Morgan fingerprint density at radius 3 is 1.91 bits per heavy atom. The maximum atomic E-state index is 8.93. The lowest BCUT2D eigenvalue weighted by Gasteiger charge is -2.35. The van der Waals surface area contributed by atoms with Crippen LogP contribution in [0.4, 0.5) is 17.1 Å². The summed E-state index contributed by atoms with van der Waals surface area (Å²) in [5, 5.41) is 8.85. The zero-order valence-corrected chi connectivity index (χ0v) is 30.4. The van der Waals surface area contributed by atoms with Crippen LogP contribution in [0, 0.1) is 0 Å². The van der Waals surface area contributed by atoms with E-state index in [4.69, 9.17) is 21.8 Å². The van der Waals surface area contributed by atoms with Gasteiger partial charge in [0.1, 0.15) is 0 Å². The number of hydrogen-bond donors (Lipinski definition) is 0. The SMILES string of the molecule is [2H]c1c([2H])c([2H])c(-c2nc(-c3cc(N4c5cc6ccccc6cc5-c5cccc6cccc4c56)c4ccccc4c3)nc(-c3ccc4c(c3)sc3ccccc34)n2)c([2H])c1[2H]. The van der Waals surface area contributed by atoms with Crippen LogP contribution in [0.5, 0.6) is 0 Å². The van der Waals surface area contributed by atoms with E-state index in [1.165, 1.54) is 15.6 Å². The van der Waals surface area contributed by atoms with Gasteiger partial charge in [-0.2, -0.15) is 0 Å². The Bertz CT molecular complexity index is 3660. The molecule has 12 rings (SSSR count). The van der Waals surface area contributed by atoms with Crippen LogP contribution in [0.15, 0.2) is 182 Å². The molecule has 0 atom stereocenters. The number of benzene rings is 9. The molecule has 56 heavy (non-hydrogen) atoms. The Kier molecular flexibility index (Phi) is 5.76. The Labute approximate surface area is 333 Å². The fraction of sp³-hybridized carbons (Fsp3) is 0. The van der Waals surface area contributed by atoms with E-state index in [9.17, 15) is 0 Å².